The summed E-state index contributed by atoms with van der Waals surface area (Å²) in [6.07, 6.45) is 2.45. The fraction of sp³-hybridized carbons (Fsp3) is 0.455. The molecule has 0 amide bonds. The lowest BCUT2D eigenvalue weighted by Crippen LogP contribution is -2.50. The minimum Gasteiger partial charge on any atom is -0.258 e. The molecule has 1 N–H and O–H groups in total. The zero-order valence-electron chi connectivity index (χ0n) is 10.2. The smallest absolute Gasteiger partial charge is 0.258 e. The molecule has 1 aliphatic carbocycles. The number of nitrogens with zero attached hydrogens (tertiary/aromatic N) is 1. The van der Waals surface area contributed by atoms with Crippen LogP contribution in [0.1, 0.15) is 26.2 Å². The van der Waals surface area contributed by atoms with Crippen LogP contribution in [0.2, 0.25) is 0 Å². The predicted octanol–water partition coefficient (Wildman–Crippen LogP) is 2.58. The van der Waals surface area contributed by atoms with E-state index in [2.05, 4.69) is 20.7 Å². The molecule has 1 saturated carbocycles. The van der Waals surface area contributed by atoms with Crippen molar-refractivity contribution in [1.82, 2.24) is 4.72 Å². The molecule has 0 aliphatic heterocycles. The fourth-order valence-corrected chi connectivity index (χ4v) is 4.22. The lowest BCUT2D eigenvalue weighted by molar-refractivity contribution is -0.387. The maximum Gasteiger partial charge on any atom is 0.289 e. The molecule has 6 nitrogen and oxygen atoms in total. The summed E-state index contributed by atoms with van der Waals surface area (Å²) >= 11 is 3.13. The number of nitrogens with one attached hydrogen (secondary N) is 1. The van der Waals surface area contributed by atoms with Gasteiger partial charge >= 0.3 is 0 Å². The SMILES string of the molecule is CC1(NS(=O)(=O)c2cc(Br)ccc2[N+](=O)[O-])CCC1. The standard InChI is InChI=1S/C11H13BrN2O4S/c1-11(5-2-6-11)13-19(17,18)10-7-8(12)3-4-9(10)14(15)16/h3-4,7,13H,2,5-6H2,1H3. The average molecular weight is 349 g/mol. The third-order valence-electron chi connectivity index (χ3n) is 3.25. The van der Waals surface area contributed by atoms with Gasteiger partial charge in [-0.2, -0.15) is 0 Å². The first-order chi connectivity index (χ1) is 8.73. The highest BCUT2D eigenvalue weighted by atomic mass is 79.9. The Morgan fingerprint density at radius 3 is 2.53 bits per heavy atom. The Hall–Kier alpha value is -0.990. The molecule has 0 bridgehead atoms. The number of rotatable bonds is 4. The molecule has 0 unspecified atom stereocenters. The second-order valence-electron chi connectivity index (χ2n) is 4.89. The first kappa shape index (κ1) is 14.4. The van der Waals surface area contributed by atoms with Gasteiger partial charge in [-0.1, -0.05) is 15.9 Å². The molecule has 0 radical (unpaired) electrons. The normalized spacial score (nSPS) is 17.8. The van der Waals surface area contributed by atoms with Gasteiger partial charge in [-0.15, -0.1) is 0 Å². The van der Waals surface area contributed by atoms with Crippen LogP contribution < -0.4 is 4.72 Å². The Labute approximate surface area is 119 Å². The van der Waals surface area contributed by atoms with Crippen molar-refractivity contribution in [2.24, 2.45) is 0 Å². The minimum absolute atomic E-state index is 0.306. The van der Waals surface area contributed by atoms with Crippen LogP contribution >= 0.6 is 15.9 Å². The van der Waals surface area contributed by atoms with Crippen LogP contribution in [0.3, 0.4) is 0 Å². The molecule has 1 aromatic rings. The monoisotopic (exact) mass is 348 g/mol. The first-order valence-corrected chi connectivity index (χ1v) is 7.99. The zero-order valence-corrected chi connectivity index (χ0v) is 12.6. The van der Waals surface area contributed by atoms with Gasteiger partial charge in [0.25, 0.3) is 5.69 Å². The highest BCUT2D eigenvalue weighted by Gasteiger charge is 2.38. The van der Waals surface area contributed by atoms with Crippen molar-refractivity contribution >= 4 is 31.6 Å². The van der Waals surface area contributed by atoms with E-state index < -0.39 is 26.2 Å². The lowest BCUT2D eigenvalue weighted by atomic mass is 9.80. The van der Waals surface area contributed by atoms with E-state index in [4.69, 9.17) is 0 Å². The number of halogens is 1. The van der Waals surface area contributed by atoms with E-state index in [0.29, 0.717) is 4.47 Å². The summed E-state index contributed by atoms with van der Waals surface area (Å²) in [7, 11) is -3.90. The van der Waals surface area contributed by atoms with Crippen molar-refractivity contribution in [3.05, 3.63) is 32.8 Å². The molecule has 19 heavy (non-hydrogen) atoms. The van der Waals surface area contributed by atoms with Gasteiger partial charge < -0.3 is 0 Å². The molecule has 0 aromatic heterocycles. The van der Waals surface area contributed by atoms with Crippen LogP contribution in [0.15, 0.2) is 27.6 Å². The highest BCUT2D eigenvalue weighted by molar-refractivity contribution is 9.10. The molecule has 0 spiro atoms. The van der Waals surface area contributed by atoms with Crippen LogP contribution in [0, 0.1) is 10.1 Å². The topological polar surface area (TPSA) is 89.3 Å². The van der Waals surface area contributed by atoms with E-state index in [1.165, 1.54) is 18.2 Å². The Morgan fingerprint density at radius 1 is 1.42 bits per heavy atom. The van der Waals surface area contributed by atoms with Gasteiger partial charge in [0.2, 0.25) is 10.0 Å². The zero-order chi connectivity index (χ0) is 14.3. The molecular formula is C11H13BrN2O4S. The number of hydrogen-bond acceptors (Lipinski definition) is 4. The minimum atomic E-state index is -3.90. The van der Waals surface area contributed by atoms with Crippen molar-refractivity contribution < 1.29 is 13.3 Å². The van der Waals surface area contributed by atoms with E-state index in [1.807, 2.05) is 0 Å². The third kappa shape index (κ3) is 2.96. The van der Waals surface area contributed by atoms with Gasteiger partial charge in [0, 0.05) is 16.1 Å². The Kier molecular flexibility index (Phi) is 3.67. The van der Waals surface area contributed by atoms with Crippen LogP contribution in [-0.2, 0) is 10.0 Å². The quantitative estimate of drug-likeness (QED) is 0.668. The number of nitro groups is 1. The maximum atomic E-state index is 12.3. The van der Waals surface area contributed by atoms with Crippen molar-refractivity contribution in [3.63, 3.8) is 0 Å². The average Bonchev–Trinajstić information content (AvgIpc) is 2.26. The van der Waals surface area contributed by atoms with E-state index in [1.54, 1.807) is 6.92 Å². The summed E-state index contributed by atoms with van der Waals surface area (Å²) < 4.78 is 27.6. The summed E-state index contributed by atoms with van der Waals surface area (Å²) in [6.45, 7) is 1.80. The maximum absolute atomic E-state index is 12.3. The van der Waals surface area contributed by atoms with Crippen LogP contribution in [0.5, 0.6) is 0 Å². The molecule has 0 heterocycles. The Morgan fingerprint density at radius 2 is 2.05 bits per heavy atom. The summed E-state index contributed by atoms with van der Waals surface area (Å²) in [5.41, 5.74) is -0.909. The summed E-state index contributed by atoms with van der Waals surface area (Å²) in [4.78, 5) is 9.93. The van der Waals surface area contributed by atoms with Gasteiger partial charge in [0.1, 0.15) is 0 Å². The summed E-state index contributed by atoms with van der Waals surface area (Å²) in [5.74, 6) is 0. The van der Waals surface area contributed by atoms with Crippen LogP contribution in [0.4, 0.5) is 5.69 Å². The van der Waals surface area contributed by atoms with E-state index in [0.717, 1.165) is 19.3 Å². The lowest BCUT2D eigenvalue weighted by Gasteiger charge is -2.38. The van der Waals surface area contributed by atoms with Crippen molar-refractivity contribution in [2.45, 2.75) is 36.6 Å². The molecule has 1 fully saturated rings. The molecule has 1 aromatic carbocycles. The number of sulfonamides is 1. The van der Waals surface area contributed by atoms with E-state index in [-0.39, 0.29) is 4.90 Å². The highest BCUT2D eigenvalue weighted by Crippen LogP contribution is 2.34. The number of benzene rings is 1. The van der Waals surface area contributed by atoms with Crippen molar-refractivity contribution in [3.8, 4) is 0 Å². The second-order valence-corrected chi connectivity index (χ2v) is 7.46. The van der Waals surface area contributed by atoms with Crippen molar-refractivity contribution in [1.29, 1.82) is 0 Å². The largest absolute Gasteiger partial charge is 0.289 e. The van der Waals surface area contributed by atoms with Gasteiger partial charge in [-0.3, -0.25) is 10.1 Å². The van der Waals surface area contributed by atoms with Crippen LogP contribution in [-0.4, -0.2) is 18.9 Å². The molecule has 0 atom stereocenters. The molecule has 104 valence electrons. The second kappa shape index (κ2) is 4.84. The predicted molar refractivity (Wildman–Crippen MR) is 73.4 cm³/mol. The van der Waals surface area contributed by atoms with E-state index in [9.17, 15) is 18.5 Å². The third-order valence-corrected chi connectivity index (χ3v) is 5.41. The number of hydrogen-bond donors (Lipinski definition) is 1. The van der Waals surface area contributed by atoms with E-state index >= 15 is 0 Å². The molecule has 0 saturated heterocycles. The van der Waals surface area contributed by atoms with Gasteiger partial charge in [-0.25, -0.2) is 13.1 Å². The fourth-order valence-electron chi connectivity index (χ4n) is 2.04. The van der Waals surface area contributed by atoms with Crippen LogP contribution in [0.25, 0.3) is 0 Å². The first-order valence-electron chi connectivity index (χ1n) is 5.71. The Bertz CT molecular complexity index is 626. The summed E-state index contributed by atoms with van der Waals surface area (Å²) in [5, 5.41) is 10.9. The van der Waals surface area contributed by atoms with Gasteiger partial charge in [0.05, 0.1) is 4.92 Å². The molecular weight excluding hydrogens is 336 g/mol. The number of nitro benzene ring substituents is 1. The van der Waals surface area contributed by atoms with Gasteiger partial charge in [-0.05, 0) is 38.3 Å². The molecule has 8 heteroatoms. The van der Waals surface area contributed by atoms with Crippen molar-refractivity contribution in [2.75, 3.05) is 0 Å². The molecule has 1 aliphatic rings. The Balaban J connectivity index is 2.44. The summed E-state index contributed by atoms with van der Waals surface area (Å²) in [6, 6.07) is 3.88. The molecule has 2 rings (SSSR count). The van der Waals surface area contributed by atoms with Gasteiger partial charge in [0.15, 0.2) is 4.90 Å².